The van der Waals surface area contributed by atoms with E-state index in [9.17, 15) is 4.39 Å². The van der Waals surface area contributed by atoms with Gasteiger partial charge in [0, 0.05) is 17.3 Å². The van der Waals surface area contributed by atoms with Crippen LogP contribution >= 0.6 is 11.6 Å². The van der Waals surface area contributed by atoms with E-state index in [1.807, 2.05) is 13.8 Å². The summed E-state index contributed by atoms with van der Waals surface area (Å²) >= 11 is 5.74. The van der Waals surface area contributed by atoms with E-state index in [2.05, 4.69) is 15.3 Å². The monoisotopic (exact) mass is 265 g/mol. The first kappa shape index (κ1) is 12.8. The predicted molar refractivity (Wildman–Crippen MR) is 70.2 cm³/mol. The number of benzene rings is 1. The van der Waals surface area contributed by atoms with Crippen molar-refractivity contribution in [3.05, 3.63) is 52.7 Å². The van der Waals surface area contributed by atoms with E-state index in [0.29, 0.717) is 11.4 Å². The quantitative estimate of drug-likeness (QED) is 0.859. The molecule has 0 bridgehead atoms. The first-order chi connectivity index (χ1) is 8.58. The van der Waals surface area contributed by atoms with Crippen molar-refractivity contribution >= 4 is 17.4 Å². The molecule has 0 saturated heterocycles. The molecule has 0 aliphatic carbocycles. The topological polar surface area (TPSA) is 37.8 Å². The highest BCUT2D eigenvalue weighted by molar-refractivity contribution is 6.28. The van der Waals surface area contributed by atoms with E-state index in [1.54, 1.807) is 24.4 Å². The van der Waals surface area contributed by atoms with Gasteiger partial charge in [0.2, 0.25) is 5.28 Å². The smallest absolute Gasteiger partial charge is 0.224 e. The Kier molecular flexibility index (Phi) is 3.77. The van der Waals surface area contributed by atoms with E-state index in [4.69, 9.17) is 11.6 Å². The molecule has 0 radical (unpaired) electrons. The first-order valence-electron chi connectivity index (χ1n) is 5.58. The van der Waals surface area contributed by atoms with Crippen molar-refractivity contribution in [3.63, 3.8) is 0 Å². The van der Waals surface area contributed by atoms with Gasteiger partial charge in [-0.1, -0.05) is 18.2 Å². The molecule has 1 aromatic heterocycles. The molecule has 1 N–H and O–H groups in total. The van der Waals surface area contributed by atoms with Gasteiger partial charge in [-0.25, -0.2) is 14.4 Å². The van der Waals surface area contributed by atoms with Gasteiger partial charge in [0.05, 0.1) is 6.04 Å². The average molecular weight is 266 g/mol. The maximum absolute atomic E-state index is 13.6. The van der Waals surface area contributed by atoms with Gasteiger partial charge < -0.3 is 5.32 Å². The van der Waals surface area contributed by atoms with Crippen LogP contribution in [-0.4, -0.2) is 9.97 Å². The van der Waals surface area contributed by atoms with Crippen molar-refractivity contribution in [2.45, 2.75) is 19.9 Å². The van der Waals surface area contributed by atoms with E-state index in [0.717, 1.165) is 5.56 Å². The SMILES string of the molecule is Cc1cnc(Cl)nc1NC(C)c1ccccc1F. The summed E-state index contributed by atoms with van der Waals surface area (Å²) in [7, 11) is 0. The van der Waals surface area contributed by atoms with E-state index in [1.165, 1.54) is 6.07 Å². The van der Waals surface area contributed by atoms with Gasteiger partial charge >= 0.3 is 0 Å². The van der Waals surface area contributed by atoms with Gasteiger partial charge in [0.1, 0.15) is 11.6 Å². The van der Waals surface area contributed by atoms with Crippen molar-refractivity contribution < 1.29 is 4.39 Å². The molecule has 0 aliphatic heterocycles. The maximum Gasteiger partial charge on any atom is 0.224 e. The second kappa shape index (κ2) is 5.31. The summed E-state index contributed by atoms with van der Waals surface area (Å²) in [5.41, 5.74) is 1.45. The van der Waals surface area contributed by atoms with Gasteiger partial charge in [-0.15, -0.1) is 0 Å². The molecule has 2 rings (SSSR count). The molecule has 3 nitrogen and oxygen atoms in total. The number of hydrogen-bond donors (Lipinski definition) is 1. The Morgan fingerprint density at radius 3 is 2.78 bits per heavy atom. The summed E-state index contributed by atoms with van der Waals surface area (Å²) < 4.78 is 13.6. The van der Waals surface area contributed by atoms with Crippen LogP contribution in [0.4, 0.5) is 10.2 Å². The summed E-state index contributed by atoms with van der Waals surface area (Å²) in [6.45, 7) is 3.74. The van der Waals surface area contributed by atoms with Crippen LogP contribution in [0.2, 0.25) is 5.28 Å². The Labute approximate surface area is 110 Å². The molecule has 0 aliphatic rings. The van der Waals surface area contributed by atoms with Crippen LogP contribution in [0, 0.1) is 12.7 Å². The molecule has 0 saturated carbocycles. The lowest BCUT2D eigenvalue weighted by Gasteiger charge is -2.16. The van der Waals surface area contributed by atoms with Crippen molar-refractivity contribution in [1.29, 1.82) is 0 Å². The van der Waals surface area contributed by atoms with E-state index in [-0.39, 0.29) is 17.1 Å². The zero-order valence-electron chi connectivity index (χ0n) is 10.1. The van der Waals surface area contributed by atoms with Crippen LogP contribution in [0.15, 0.2) is 30.5 Å². The largest absolute Gasteiger partial charge is 0.363 e. The number of aromatic nitrogens is 2. The summed E-state index contributed by atoms with van der Waals surface area (Å²) in [5, 5.41) is 3.30. The molecule has 0 spiro atoms. The van der Waals surface area contributed by atoms with Crippen molar-refractivity contribution in [2.75, 3.05) is 5.32 Å². The molecule has 5 heteroatoms. The molecule has 0 fully saturated rings. The lowest BCUT2D eigenvalue weighted by molar-refractivity contribution is 0.600. The number of nitrogens with zero attached hydrogens (tertiary/aromatic N) is 2. The van der Waals surface area contributed by atoms with Crippen LogP contribution in [-0.2, 0) is 0 Å². The normalized spacial score (nSPS) is 12.2. The molecule has 1 atom stereocenters. The maximum atomic E-state index is 13.6. The van der Waals surface area contributed by atoms with E-state index < -0.39 is 0 Å². The average Bonchev–Trinajstić information content (AvgIpc) is 2.34. The van der Waals surface area contributed by atoms with Crippen LogP contribution in [0.5, 0.6) is 0 Å². The van der Waals surface area contributed by atoms with Gasteiger partial charge in [0.15, 0.2) is 0 Å². The minimum Gasteiger partial charge on any atom is -0.363 e. The predicted octanol–water partition coefficient (Wildman–Crippen LogP) is 3.75. The number of hydrogen-bond acceptors (Lipinski definition) is 3. The highest BCUT2D eigenvalue weighted by Crippen LogP contribution is 2.22. The van der Waals surface area contributed by atoms with Gasteiger partial charge in [-0.2, -0.15) is 0 Å². The molecule has 1 unspecified atom stereocenters. The molecular weight excluding hydrogens is 253 g/mol. The zero-order chi connectivity index (χ0) is 13.1. The summed E-state index contributed by atoms with van der Waals surface area (Å²) in [4.78, 5) is 7.97. The van der Waals surface area contributed by atoms with Crippen LogP contribution < -0.4 is 5.32 Å². The third-order valence-electron chi connectivity index (χ3n) is 2.67. The van der Waals surface area contributed by atoms with Gasteiger partial charge in [-0.3, -0.25) is 0 Å². The molecule has 2 aromatic rings. The molecule has 1 aromatic carbocycles. The second-order valence-corrected chi connectivity index (χ2v) is 4.40. The molecular formula is C13H13ClFN3. The third-order valence-corrected chi connectivity index (χ3v) is 2.85. The zero-order valence-corrected chi connectivity index (χ0v) is 10.9. The first-order valence-corrected chi connectivity index (χ1v) is 5.96. The Morgan fingerprint density at radius 2 is 2.06 bits per heavy atom. The van der Waals surface area contributed by atoms with Crippen molar-refractivity contribution in [3.8, 4) is 0 Å². The standard InChI is InChI=1S/C13H13ClFN3/c1-8-7-16-13(14)18-12(8)17-9(2)10-5-3-4-6-11(10)15/h3-7,9H,1-2H3,(H,16,17,18). The van der Waals surface area contributed by atoms with Gasteiger partial charge in [-0.05, 0) is 31.5 Å². The number of anilines is 1. The summed E-state index contributed by atoms with van der Waals surface area (Å²) in [6, 6.07) is 6.45. The molecule has 0 amide bonds. The highest BCUT2D eigenvalue weighted by atomic mass is 35.5. The minimum atomic E-state index is -0.240. The Hall–Kier alpha value is -1.68. The lowest BCUT2D eigenvalue weighted by Crippen LogP contribution is -2.11. The van der Waals surface area contributed by atoms with Gasteiger partial charge in [0.25, 0.3) is 0 Å². The Balaban J connectivity index is 2.24. The van der Waals surface area contributed by atoms with Crippen LogP contribution in [0.3, 0.4) is 0 Å². The number of nitrogens with one attached hydrogen (secondary N) is 1. The lowest BCUT2D eigenvalue weighted by atomic mass is 10.1. The van der Waals surface area contributed by atoms with Crippen LogP contribution in [0.25, 0.3) is 0 Å². The summed E-state index contributed by atoms with van der Waals surface area (Å²) in [6.07, 6.45) is 1.63. The van der Waals surface area contributed by atoms with Crippen LogP contribution in [0.1, 0.15) is 24.1 Å². The fourth-order valence-electron chi connectivity index (χ4n) is 1.68. The van der Waals surface area contributed by atoms with E-state index >= 15 is 0 Å². The summed E-state index contributed by atoms with van der Waals surface area (Å²) in [5.74, 6) is 0.376. The fourth-order valence-corrected chi connectivity index (χ4v) is 1.81. The Morgan fingerprint density at radius 1 is 1.33 bits per heavy atom. The molecule has 94 valence electrons. The van der Waals surface area contributed by atoms with Crippen molar-refractivity contribution in [2.24, 2.45) is 0 Å². The molecule has 1 heterocycles. The molecule has 18 heavy (non-hydrogen) atoms. The number of halogens is 2. The number of aryl methyl sites for hydroxylation is 1. The highest BCUT2D eigenvalue weighted by Gasteiger charge is 2.12. The fraction of sp³-hybridized carbons (Fsp3) is 0.231. The number of rotatable bonds is 3. The third kappa shape index (κ3) is 2.76. The Bertz CT molecular complexity index is 560. The van der Waals surface area contributed by atoms with Crippen molar-refractivity contribution in [1.82, 2.24) is 9.97 Å². The second-order valence-electron chi connectivity index (χ2n) is 4.06. The minimum absolute atomic E-state index is 0.170.